The summed E-state index contributed by atoms with van der Waals surface area (Å²) in [5.74, 6) is 0.330. The van der Waals surface area contributed by atoms with Gasteiger partial charge in [-0.1, -0.05) is 28.1 Å². The van der Waals surface area contributed by atoms with Crippen LogP contribution in [0.3, 0.4) is 0 Å². The molecule has 0 heterocycles. The Morgan fingerprint density at radius 1 is 1.08 bits per heavy atom. The fourth-order valence-electron chi connectivity index (χ4n) is 2.04. The van der Waals surface area contributed by atoms with Crippen LogP contribution in [-0.4, -0.2) is 32.6 Å². The fourth-order valence-corrected chi connectivity index (χ4v) is 2.44. The van der Waals surface area contributed by atoms with E-state index < -0.39 is 5.97 Å². The van der Waals surface area contributed by atoms with Crippen LogP contribution in [0.2, 0.25) is 0 Å². The number of ether oxygens (including phenoxy) is 3. The molecule has 0 saturated carbocycles. The van der Waals surface area contributed by atoms with Crippen LogP contribution in [0, 0.1) is 0 Å². The van der Waals surface area contributed by atoms with Crippen molar-refractivity contribution in [1.82, 2.24) is 0 Å². The molecule has 130 valence electrons. The first-order valence-corrected chi connectivity index (χ1v) is 8.18. The Kier molecular flexibility index (Phi) is 6.77. The highest BCUT2D eigenvalue weighted by atomic mass is 79.9. The van der Waals surface area contributed by atoms with Crippen molar-refractivity contribution >= 4 is 33.8 Å². The van der Waals surface area contributed by atoms with Gasteiger partial charge in [-0.25, -0.2) is 4.79 Å². The van der Waals surface area contributed by atoms with Crippen molar-refractivity contribution in [2.24, 2.45) is 0 Å². The molecule has 0 N–H and O–H groups in total. The number of hydrogen-bond donors (Lipinski definition) is 0. The molecule has 25 heavy (non-hydrogen) atoms. The van der Waals surface area contributed by atoms with Crippen molar-refractivity contribution < 1.29 is 23.8 Å². The van der Waals surface area contributed by atoms with Crippen LogP contribution in [0.4, 0.5) is 0 Å². The van der Waals surface area contributed by atoms with Crippen LogP contribution in [0.15, 0.2) is 53.0 Å². The van der Waals surface area contributed by atoms with E-state index in [1.807, 2.05) is 6.07 Å². The highest BCUT2D eigenvalue weighted by Gasteiger charge is 2.09. The van der Waals surface area contributed by atoms with Gasteiger partial charge in [0.25, 0.3) is 0 Å². The van der Waals surface area contributed by atoms with E-state index in [1.165, 1.54) is 13.2 Å². The highest BCUT2D eigenvalue weighted by molar-refractivity contribution is 9.10. The van der Waals surface area contributed by atoms with Gasteiger partial charge in [-0.15, -0.1) is 0 Å². The number of carbonyl (C=O) groups is 2. The summed E-state index contributed by atoms with van der Waals surface area (Å²) in [7, 11) is 3.09. The van der Waals surface area contributed by atoms with Gasteiger partial charge in [0.05, 0.1) is 14.2 Å². The molecule has 0 unspecified atom stereocenters. The van der Waals surface area contributed by atoms with Crippen molar-refractivity contribution in [3.8, 4) is 11.5 Å². The summed E-state index contributed by atoms with van der Waals surface area (Å²) in [6, 6.07) is 12.1. The summed E-state index contributed by atoms with van der Waals surface area (Å²) in [5.41, 5.74) is 1.17. The summed E-state index contributed by atoms with van der Waals surface area (Å²) in [5, 5.41) is 0. The molecule has 0 fully saturated rings. The highest BCUT2D eigenvalue weighted by Crippen LogP contribution is 2.25. The van der Waals surface area contributed by atoms with Crippen molar-refractivity contribution in [3.05, 3.63) is 64.1 Å². The Morgan fingerprint density at radius 2 is 1.88 bits per heavy atom. The Bertz CT molecular complexity index is 798. The fraction of sp³-hybridized carbons (Fsp3) is 0.158. The lowest BCUT2D eigenvalue weighted by Crippen LogP contribution is -2.12. The van der Waals surface area contributed by atoms with E-state index in [0.717, 1.165) is 4.47 Å². The molecular weight excluding hydrogens is 388 g/mol. The molecule has 2 rings (SSSR count). The number of ketones is 1. The van der Waals surface area contributed by atoms with Crippen LogP contribution in [0.25, 0.3) is 6.08 Å². The summed E-state index contributed by atoms with van der Waals surface area (Å²) < 4.78 is 16.1. The first kappa shape index (κ1) is 18.7. The van der Waals surface area contributed by atoms with E-state index in [-0.39, 0.29) is 12.4 Å². The minimum absolute atomic E-state index is 0.273. The summed E-state index contributed by atoms with van der Waals surface area (Å²) in [6.07, 6.45) is 2.81. The molecule has 0 aliphatic heterocycles. The smallest absolute Gasteiger partial charge is 0.331 e. The number of methoxy groups -OCH3 is 2. The largest absolute Gasteiger partial charge is 0.497 e. The van der Waals surface area contributed by atoms with Crippen LogP contribution >= 0.6 is 15.9 Å². The van der Waals surface area contributed by atoms with Crippen molar-refractivity contribution in [3.63, 3.8) is 0 Å². The maximum absolute atomic E-state index is 12.0. The quantitative estimate of drug-likeness (QED) is 0.397. The SMILES string of the molecule is COc1ccc(/C=C/C(=O)OCC(=O)c2cccc(Br)c2)c(OC)c1. The van der Waals surface area contributed by atoms with Gasteiger partial charge >= 0.3 is 5.97 Å². The minimum Gasteiger partial charge on any atom is -0.497 e. The minimum atomic E-state index is -0.610. The third kappa shape index (κ3) is 5.46. The zero-order valence-corrected chi connectivity index (χ0v) is 15.4. The lowest BCUT2D eigenvalue weighted by Gasteiger charge is -2.07. The Balaban J connectivity index is 1.96. The number of benzene rings is 2. The molecule has 0 saturated heterocycles. The number of esters is 1. The molecule has 0 spiro atoms. The van der Waals surface area contributed by atoms with E-state index >= 15 is 0 Å². The third-order valence-corrected chi connectivity index (χ3v) is 3.82. The monoisotopic (exact) mass is 404 g/mol. The molecule has 0 amide bonds. The predicted octanol–water partition coefficient (Wildman–Crippen LogP) is 3.91. The van der Waals surface area contributed by atoms with Crippen molar-refractivity contribution in [2.45, 2.75) is 0 Å². The number of carbonyl (C=O) groups excluding carboxylic acids is 2. The van der Waals surface area contributed by atoms with Gasteiger partial charge in [0.15, 0.2) is 12.4 Å². The maximum atomic E-state index is 12.0. The van der Waals surface area contributed by atoms with Crippen LogP contribution < -0.4 is 9.47 Å². The van der Waals surface area contributed by atoms with Gasteiger partial charge in [-0.3, -0.25) is 4.79 Å². The summed E-state index contributed by atoms with van der Waals surface area (Å²) in [6.45, 7) is -0.320. The zero-order chi connectivity index (χ0) is 18.2. The molecule has 0 bridgehead atoms. The number of halogens is 1. The van der Waals surface area contributed by atoms with Gasteiger partial charge in [0, 0.05) is 27.7 Å². The molecule has 0 atom stereocenters. The topological polar surface area (TPSA) is 61.8 Å². The van der Waals surface area contributed by atoms with Crippen molar-refractivity contribution in [1.29, 1.82) is 0 Å². The van der Waals surface area contributed by atoms with E-state index in [0.29, 0.717) is 22.6 Å². The average molecular weight is 405 g/mol. The van der Waals surface area contributed by atoms with Crippen LogP contribution in [0.5, 0.6) is 11.5 Å². The van der Waals surface area contributed by atoms with Gasteiger partial charge < -0.3 is 14.2 Å². The molecular formula is C19H17BrO5. The first-order valence-electron chi connectivity index (χ1n) is 7.39. The number of hydrogen-bond acceptors (Lipinski definition) is 5. The van der Waals surface area contributed by atoms with Crippen LogP contribution in [0.1, 0.15) is 15.9 Å². The summed E-state index contributed by atoms with van der Waals surface area (Å²) >= 11 is 3.29. The second-order valence-corrected chi connectivity index (χ2v) is 5.90. The Hall–Kier alpha value is -2.60. The number of Topliss-reactive ketones (excluding diaryl/α,β-unsaturated/α-hetero) is 1. The molecule has 0 aliphatic carbocycles. The maximum Gasteiger partial charge on any atom is 0.331 e. The molecule has 2 aromatic rings. The molecule has 6 heteroatoms. The number of rotatable bonds is 7. The van der Waals surface area contributed by atoms with Gasteiger partial charge in [-0.05, 0) is 30.3 Å². The normalized spacial score (nSPS) is 10.5. The lowest BCUT2D eigenvalue weighted by molar-refractivity contribution is -0.136. The molecule has 0 radical (unpaired) electrons. The molecule has 0 aromatic heterocycles. The molecule has 0 aliphatic rings. The first-order chi connectivity index (χ1) is 12.0. The summed E-state index contributed by atoms with van der Waals surface area (Å²) in [4.78, 5) is 23.8. The van der Waals surface area contributed by atoms with Gasteiger partial charge in [0.2, 0.25) is 0 Å². The predicted molar refractivity (Wildman–Crippen MR) is 98.0 cm³/mol. The lowest BCUT2D eigenvalue weighted by atomic mass is 10.1. The van der Waals surface area contributed by atoms with E-state index in [9.17, 15) is 9.59 Å². The second-order valence-electron chi connectivity index (χ2n) is 4.98. The standard InChI is InChI=1S/C19H17BrO5/c1-23-16-8-6-13(18(11-16)24-2)7-9-19(22)25-12-17(21)14-4-3-5-15(20)10-14/h3-11H,12H2,1-2H3/b9-7+. The van der Waals surface area contributed by atoms with Crippen LogP contribution in [-0.2, 0) is 9.53 Å². The van der Waals surface area contributed by atoms with E-state index in [4.69, 9.17) is 14.2 Å². The Morgan fingerprint density at radius 3 is 2.56 bits per heavy atom. The van der Waals surface area contributed by atoms with Gasteiger partial charge in [-0.2, -0.15) is 0 Å². The Labute approximate surface area is 154 Å². The van der Waals surface area contributed by atoms with Crippen molar-refractivity contribution in [2.75, 3.05) is 20.8 Å². The van der Waals surface area contributed by atoms with E-state index in [2.05, 4.69) is 15.9 Å². The average Bonchev–Trinajstić information content (AvgIpc) is 2.64. The second kappa shape index (κ2) is 9.03. The molecule has 5 nitrogen and oxygen atoms in total. The van der Waals surface area contributed by atoms with E-state index in [1.54, 1.807) is 49.6 Å². The third-order valence-electron chi connectivity index (χ3n) is 3.33. The van der Waals surface area contributed by atoms with Gasteiger partial charge in [0.1, 0.15) is 11.5 Å². The molecule has 2 aromatic carbocycles. The zero-order valence-electron chi connectivity index (χ0n) is 13.8.